The van der Waals surface area contributed by atoms with Gasteiger partial charge >= 0.3 is 0 Å². The van der Waals surface area contributed by atoms with Crippen LogP contribution in [0.1, 0.15) is 26.3 Å². The summed E-state index contributed by atoms with van der Waals surface area (Å²) in [5.74, 6) is 2.01. The molecule has 1 aromatic heterocycles. The predicted molar refractivity (Wildman–Crippen MR) is 120 cm³/mol. The summed E-state index contributed by atoms with van der Waals surface area (Å²) in [6.45, 7) is 12.5. The fourth-order valence-electron chi connectivity index (χ4n) is 3.07. The summed E-state index contributed by atoms with van der Waals surface area (Å²) < 4.78 is 10.7. The molecule has 1 saturated heterocycles. The number of rotatable bonds is 8. The topological polar surface area (TPSA) is 71.0 Å². The van der Waals surface area contributed by atoms with Crippen LogP contribution in [0, 0.1) is 5.92 Å². The summed E-state index contributed by atoms with van der Waals surface area (Å²) in [5, 5.41) is 6.84. The molecule has 0 radical (unpaired) electrons. The summed E-state index contributed by atoms with van der Waals surface area (Å²) in [4.78, 5) is 11.4. The monoisotopic (exact) mass is 491 g/mol. The minimum absolute atomic E-state index is 0. The van der Waals surface area contributed by atoms with Crippen LogP contribution in [0.25, 0.3) is 0 Å². The molecule has 0 aliphatic carbocycles. The van der Waals surface area contributed by atoms with Gasteiger partial charge in [-0.1, -0.05) is 13.8 Å². The summed E-state index contributed by atoms with van der Waals surface area (Å²) in [5.41, 5.74) is 1.07. The highest BCUT2D eigenvalue weighted by Crippen LogP contribution is 2.12. The van der Waals surface area contributed by atoms with Crippen molar-refractivity contribution in [3.05, 3.63) is 23.9 Å². The number of methoxy groups -OCH3 is 1. The van der Waals surface area contributed by atoms with Gasteiger partial charge in [-0.05, 0) is 24.5 Å². The lowest BCUT2D eigenvalue weighted by atomic mass is 10.0. The third kappa shape index (κ3) is 8.18. The molecule has 0 amide bonds. The molecule has 2 rings (SSSR count). The molecule has 0 aromatic carbocycles. The van der Waals surface area contributed by atoms with Gasteiger partial charge in [0.1, 0.15) is 0 Å². The first kappa shape index (κ1) is 23.9. The van der Waals surface area contributed by atoms with E-state index >= 15 is 0 Å². The number of morpholine rings is 1. The van der Waals surface area contributed by atoms with E-state index in [1.165, 1.54) is 0 Å². The van der Waals surface area contributed by atoms with Gasteiger partial charge in [-0.25, -0.2) is 9.98 Å². The SMILES string of the molecule is CCNC(=NCc1ccnc(OC)c1)NCC(C(C)C)N1CCOCC1.I. The van der Waals surface area contributed by atoms with Gasteiger partial charge in [0.15, 0.2) is 5.96 Å². The first-order chi connectivity index (χ1) is 12.6. The molecular formula is C19H34IN5O2. The van der Waals surface area contributed by atoms with Gasteiger partial charge in [0, 0.05) is 44.5 Å². The van der Waals surface area contributed by atoms with Gasteiger partial charge < -0.3 is 20.1 Å². The average Bonchev–Trinajstić information content (AvgIpc) is 2.67. The number of nitrogens with zero attached hydrogens (tertiary/aromatic N) is 3. The zero-order valence-electron chi connectivity index (χ0n) is 16.9. The highest BCUT2D eigenvalue weighted by Gasteiger charge is 2.23. The van der Waals surface area contributed by atoms with E-state index in [-0.39, 0.29) is 24.0 Å². The third-order valence-corrected chi connectivity index (χ3v) is 4.54. The Morgan fingerprint density at radius 1 is 1.33 bits per heavy atom. The van der Waals surface area contributed by atoms with Crippen molar-refractivity contribution in [2.75, 3.05) is 46.5 Å². The van der Waals surface area contributed by atoms with E-state index in [2.05, 4.69) is 41.3 Å². The Morgan fingerprint density at radius 3 is 2.70 bits per heavy atom. The quantitative estimate of drug-likeness (QED) is 0.330. The van der Waals surface area contributed by atoms with E-state index in [0.29, 0.717) is 24.4 Å². The van der Waals surface area contributed by atoms with Crippen LogP contribution in [0.3, 0.4) is 0 Å². The Morgan fingerprint density at radius 2 is 2.07 bits per heavy atom. The Labute approximate surface area is 180 Å². The summed E-state index contributed by atoms with van der Waals surface area (Å²) in [7, 11) is 1.62. The van der Waals surface area contributed by atoms with Crippen LogP contribution in [0.2, 0.25) is 0 Å². The first-order valence-corrected chi connectivity index (χ1v) is 9.47. The molecule has 1 atom stereocenters. The lowest BCUT2D eigenvalue weighted by molar-refractivity contribution is 0.00752. The number of ether oxygens (including phenoxy) is 2. The van der Waals surface area contributed by atoms with Crippen molar-refractivity contribution in [2.24, 2.45) is 10.9 Å². The molecule has 2 heterocycles. The van der Waals surface area contributed by atoms with Crippen molar-refractivity contribution < 1.29 is 9.47 Å². The Kier molecular flexibility index (Phi) is 11.6. The third-order valence-electron chi connectivity index (χ3n) is 4.54. The van der Waals surface area contributed by atoms with Crippen LogP contribution in [0.4, 0.5) is 0 Å². The fourth-order valence-corrected chi connectivity index (χ4v) is 3.07. The molecule has 1 aliphatic heterocycles. The predicted octanol–water partition coefficient (Wildman–Crippen LogP) is 2.12. The van der Waals surface area contributed by atoms with Crippen LogP contribution >= 0.6 is 24.0 Å². The van der Waals surface area contributed by atoms with Gasteiger partial charge in [-0.3, -0.25) is 4.90 Å². The highest BCUT2D eigenvalue weighted by molar-refractivity contribution is 14.0. The highest BCUT2D eigenvalue weighted by atomic mass is 127. The molecule has 154 valence electrons. The molecule has 1 aromatic rings. The fraction of sp³-hybridized carbons (Fsp3) is 0.684. The van der Waals surface area contributed by atoms with E-state index in [9.17, 15) is 0 Å². The van der Waals surface area contributed by atoms with Crippen LogP contribution in [0.15, 0.2) is 23.3 Å². The first-order valence-electron chi connectivity index (χ1n) is 9.47. The molecule has 1 aliphatic rings. The summed E-state index contributed by atoms with van der Waals surface area (Å²) in [6.07, 6.45) is 1.75. The van der Waals surface area contributed by atoms with Gasteiger partial charge in [0.2, 0.25) is 5.88 Å². The van der Waals surface area contributed by atoms with Crippen LogP contribution < -0.4 is 15.4 Å². The lowest BCUT2D eigenvalue weighted by Crippen LogP contribution is -2.52. The molecule has 0 bridgehead atoms. The van der Waals surface area contributed by atoms with Crippen molar-refractivity contribution in [2.45, 2.75) is 33.4 Å². The zero-order chi connectivity index (χ0) is 18.8. The Balaban J connectivity index is 0.00000364. The van der Waals surface area contributed by atoms with Crippen molar-refractivity contribution in [3.63, 3.8) is 0 Å². The largest absolute Gasteiger partial charge is 0.481 e. The number of hydrogen-bond acceptors (Lipinski definition) is 5. The van der Waals surface area contributed by atoms with E-state index in [1.54, 1.807) is 13.3 Å². The van der Waals surface area contributed by atoms with Gasteiger partial charge in [-0.15, -0.1) is 24.0 Å². The second kappa shape index (κ2) is 13.1. The van der Waals surface area contributed by atoms with E-state index in [4.69, 9.17) is 14.5 Å². The summed E-state index contributed by atoms with van der Waals surface area (Å²) in [6, 6.07) is 4.33. The molecular weight excluding hydrogens is 457 g/mol. The maximum atomic E-state index is 5.49. The zero-order valence-corrected chi connectivity index (χ0v) is 19.2. The molecule has 8 heteroatoms. The molecule has 27 heavy (non-hydrogen) atoms. The molecule has 0 spiro atoms. The van der Waals surface area contributed by atoms with Crippen LogP contribution in [-0.2, 0) is 11.3 Å². The number of aliphatic imine (C=N–C) groups is 1. The number of guanidine groups is 1. The second-order valence-electron chi connectivity index (χ2n) is 6.74. The number of halogens is 1. The number of nitrogens with one attached hydrogen (secondary N) is 2. The van der Waals surface area contributed by atoms with Crippen molar-refractivity contribution in [3.8, 4) is 5.88 Å². The van der Waals surface area contributed by atoms with Crippen molar-refractivity contribution in [1.82, 2.24) is 20.5 Å². The number of hydrogen-bond donors (Lipinski definition) is 2. The maximum absolute atomic E-state index is 5.49. The van der Waals surface area contributed by atoms with Crippen molar-refractivity contribution in [1.29, 1.82) is 0 Å². The normalized spacial score (nSPS) is 16.6. The Hall–Kier alpha value is -1.13. The smallest absolute Gasteiger partial charge is 0.213 e. The lowest BCUT2D eigenvalue weighted by Gasteiger charge is -2.37. The minimum Gasteiger partial charge on any atom is -0.481 e. The Bertz CT molecular complexity index is 565. The van der Waals surface area contributed by atoms with Gasteiger partial charge in [-0.2, -0.15) is 0 Å². The molecule has 0 saturated carbocycles. The van der Waals surface area contributed by atoms with E-state index in [0.717, 1.165) is 50.9 Å². The number of pyridine rings is 1. The van der Waals surface area contributed by atoms with Gasteiger partial charge in [0.25, 0.3) is 0 Å². The van der Waals surface area contributed by atoms with E-state index in [1.807, 2.05) is 12.1 Å². The second-order valence-corrected chi connectivity index (χ2v) is 6.74. The van der Waals surface area contributed by atoms with E-state index < -0.39 is 0 Å². The molecule has 2 N–H and O–H groups in total. The van der Waals surface area contributed by atoms with Crippen LogP contribution in [-0.4, -0.2) is 68.4 Å². The molecule has 1 fully saturated rings. The molecule has 7 nitrogen and oxygen atoms in total. The number of aromatic nitrogens is 1. The maximum Gasteiger partial charge on any atom is 0.213 e. The summed E-state index contributed by atoms with van der Waals surface area (Å²) >= 11 is 0. The van der Waals surface area contributed by atoms with Crippen LogP contribution in [0.5, 0.6) is 5.88 Å². The average molecular weight is 491 g/mol. The van der Waals surface area contributed by atoms with Gasteiger partial charge in [0.05, 0.1) is 26.9 Å². The molecule has 1 unspecified atom stereocenters. The standard InChI is InChI=1S/C19H33N5O2.HI/c1-5-20-19(22-13-16-6-7-21-18(12-16)25-4)23-14-17(15(2)3)24-8-10-26-11-9-24;/h6-7,12,15,17H,5,8-11,13-14H2,1-4H3,(H2,20,22,23);1H. The van der Waals surface area contributed by atoms with Crippen molar-refractivity contribution >= 4 is 29.9 Å². The minimum atomic E-state index is 0.